The normalized spacial score (nSPS) is 10.4. The van der Waals surface area contributed by atoms with Gasteiger partial charge in [0, 0.05) is 17.6 Å². The number of nitrogens with zero attached hydrogens (tertiary/aromatic N) is 1. The number of unbranched alkanes of at least 4 members (excludes halogenated alkanes) is 1. The Morgan fingerprint density at radius 2 is 2.14 bits per heavy atom. The summed E-state index contributed by atoms with van der Waals surface area (Å²) in [6.07, 6.45) is 1.88. The van der Waals surface area contributed by atoms with E-state index in [9.17, 15) is 9.59 Å². The van der Waals surface area contributed by atoms with E-state index in [1.54, 1.807) is 0 Å². The molecular formula is C15H20BrNO4. The summed E-state index contributed by atoms with van der Waals surface area (Å²) in [7, 11) is 0. The Hall–Kier alpha value is -1.40. The standard InChI is InChI=1S/C15H20BrNO4/c1-2-3-7-21-11-14(18)17(10-15(19)20)9-12-5-4-6-13(16)8-12/h4-6,8H,2-3,7,9-11H2,1H3,(H,19,20). The first kappa shape index (κ1) is 17.7. The van der Waals surface area contributed by atoms with Crippen molar-refractivity contribution in [3.63, 3.8) is 0 Å². The third-order valence-electron chi connectivity index (χ3n) is 2.81. The van der Waals surface area contributed by atoms with Gasteiger partial charge < -0.3 is 14.7 Å². The number of rotatable bonds is 9. The number of hydrogen-bond donors (Lipinski definition) is 1. The number of carbonyl (C=O) groups excluding carboxylic acids is 1. The van der Waals surface area contributed by atoms with E-state index < -0.39 is 5.97 Å². The van der Waals surface area contributed by atoms with E-state index in [-0.39, 0.29) is 25.6 Å². The van der Waals surface area contributed by atoms with Gasteiger partial charge in [-0.05, 0) is 24.1 Å². The Bertz CT molecular complexity index is 478. The van der Waals surface area contributed by atoms with Crippen molar-refractivity contribution < 1.29 is 19.4 Å². The van der Waals surface area contributed by atoms with Gasteiger partial charge >= 0.3 is 5.97 Å². The lowest BCUT2D eigenvalue weighted by molar-refractivity contribution is -0.147. The second kappa shape index (κ2) is 9.52. The van der Waals surface area contributed by atoms with Crippen molar-refractivity contribution in [2.75, 3.05) is 19.8 Å². The largest absolute Gasteiger partial charge is 0.480 e. The molecule has 1 amide bonds. The first-order valence-corrected chi connectivity index (χ1v) is 7.64. The van der Waals surface area contributed by atoms with Gasteiger partial charge in [0.15, 0.2) is 0 Å². The molecule has 0 atom stereocenters. The summed E-state index contributed by atoms with van der Waals surface area (Å²) < 4.78 is 6.16. The molecule has 5 nitrogen and oxygen atoms in total. The zero-order chi connectivity index (χ0) is 15.7. The molecule has 1 aromatic rings. The molecular weight excluding hydrogens is 338 g/mol. The third-order valence-corrected chi connectivity index (χ3v) is 3.30. The fourth-order valence-electron chi connectivity index (χ4n) is 1.75. The van der Waals surface area contributed by atoms with Crippen molar-refractivity contribution in [1.29, 1.82) is 0 Å². The van der Waals surface area contributed by atoms with Crippen LogP contribution in [0.3, 0.4) is 0 Å². The molecule has 1 aromatic carbocycles. The van der Waals surface area contributed by atoms with Gasteiger partial charge in [-0.2, -0.15) is 0 Å². The van der Waals surface area contributed by atoms with Gasteiger partial charge in [0.05, 0.1) is 0 Å². The number of halogens is 1. The third kappa shape index (κ3) is 7.24. The van der Waals surface area contributed by atoms with Gasteiger partial charge in [-0.1, -0.05) is 41.4 Å². The first-order valence-electron chi connectivity index (χ1n) is 6.84. The molecule has 0 heterocycles. The second-order valence-corrected chi connectivity index (χ2v) is 5.60. The molecule has 116 valence electrons. The molecule has 0 fully saturated rings. The van der Waals surface area contributed by atoms with Gasteiger partial charge in [0.2, 0.25) is 5.91 Å². The fraction of sp³-hybridized carbons (Fsp3) is 0.467. The highest BCUT2D eigenvalue weighted by Gasteiger charge is 2.17. The molecule has 0 spiro atoms. The van der Waals surface area contributed by atoms with E-state index in [0.29, 0.717) is 6.61 Å². The van der Waals surface area contributed by atoms with Crippen LogP contribution in [0.5, 0.6) is 0 Å². The quantitative estimate of drug-likeness (QED) is 0.690. The monoisotopic (exact) mass is 357 g/mol. The smallest absolute Gasteiger partial charge is 0.323 e. The average Bonchev–Trinajstić information content (AvgIpc) is 2.42. The van der Waals surface area contributed by atoms with Crippen LogP contribution < -0.4 is 0 Å². The minimum absolute atomic E-state index is 0.0821. The highest BCUT2D eigenvalue weighted by atomic mass is 79.9. The van der Waals surface area contributed by atoms with Gasteiger partial charge in [-0.25, -0.2) is 0 Å². The molecule has 1 N–H and O–H groups in total. The van der Waals surface area contributed by atoms with Crippen LogP contribution >= 0.6 is 15.9 Å². The number of carboxylic acid groups (broad SMARTS) is 1. The maximum absolute atomic E-state index is 12.1. The number of carbonyl (C=O) groups is 2. The second-order valence-electron chi connectivity index (χ2n) is 4.68. The van der Waals surface area contributed by atoms with Gasteiger partial charge in [0.25, 0.3) is 0 Å². The van der Waals surface area contributed by atoms with Crippen LogP contribution in [0, 0.1) is 0 Å². The molecule has 0 aliphatic carbocycles. The van der Waals surface area contributed by atoms with E-state index in [1.807, 2.05) is 31.2 Å². The minimum Gasteiger partial charge on any atom is -0.480 e. The summed E-state index contributed by atoms with van der Waals surface area (Å²) in [6, 6.07) is 7.44. The maximum Gasteiger partial charge on any atom is 0.323 e. The Labute approximate surface area is 133 Å². The summed E-state index contributed by atoms with van der Waals surface area (Å²) in [5, 5.41) is 8.93. The lowest BCUT2D eigenvalue weighted by Gasteiger charge is -2.21. The van der Waals surface area contributed by atoms with E-state index in [1.165, 1.54) is 4.90 Å². The Balaban J connectivity index is 2.62. The van der Waals surface area contributed by atoms with Gasteiger partial charge in [-0.15, -0.1) is 0 Å². The highest BCUT2D eigenvalue weighted by molar-refractivity contribution is 9.10. The van der Waals surface area contributed by atoms with Crippen LogP contribution in [-0.4, -0.2) is 41.6 Å². The highest BCUT2D eigenvalue weighted by Crippen LogP contribution is 2.13. The van der Waals surface area contributed by atoms with E-state index >= 15 is 0 Å². The molecule has 0 aliphatic heterocycles. The van der Waals surface area contributed by atoms with Crippen molar-refractivity contribution >= 4 is 27.8 Å². The molecule has 0 aromatic heterocycles. The molecule has 0 saturated carbocycles. The molecule has 0 aliphatic rings. The topological polar surface area (TPSA) is 66.8 Å². The molecule has 0 bridgehead atoms. The van der Waals surface area contributed by atoms with E-state index in [0.717, 1.165) is 22.9 Å². The van der Waals surface area contributed by atoms with Crippen molar-refractivity contribution in [3.05, 3.63) is 34.3 Å². The van der Waals surface area contributed by atoms with Crippen molar-refractivity contribution in [2.45, 2.75) is 26.3 Å². The summed E-state index contributed by atoms with van der Waals surface area (Å²) in [4.78, 5) is 24.2. The molecule has 0 unspecified atom stereocenters. The zero-order valence-corrected chi connectivity index (χ0v) is 13.6. The van der Waals surface area contributed by atoms with Gasteiger partial charge in [-0.3, -0.25) is 9.59 Å². The molecule has 0 radical (unpaired) electrons. The predicted octanol–water partition coefficient (Wildman–Crippen LogP) is 2.68. The van der Waals surface area contributed by atoms with Crippen LogP contribution in [0.15, 0.2) is 28.7 Å². The fourth-order valence-corrected chi connectivity index (χ4v) is 2.20. The van der Waals surface area contributed by atoms with Crippen molar-refractivity contribution in [2.24, 2.45) is 0 Å². The van der Waals surface area contributed by atoms with Crippen LogP contribution in [-0.2, 0) is 20.9 Å². The molecule has 0 saturated heterocycles. The van der Waals surface area contributed by atoms with Crippen molar-refractivity contribution in [3.8, 4) is 0 Å². The zero-order valence-electron chi connectivity index (χ0n) is 12.0. The van der Waals surface area contributed by atoms with Crippen LogP contribution in [0.1, 0.15) is 25.3 Å². The van der Waals surface area contributed by atoms with E-state index in [2.05, 4.69) is 15.9 Å². The van der Waals surface area contributed by atoms with E-state index in [4.69, 9.17) is 9.84 Å². The number of benzene rings is 1. The summed E-state index contributed by atoms with van der Waals surface area (Å²) in [5.41, 5.74) is 0.868. The van der Waals surface area contributed by atoms with Gasteiger partial charge in [0.1, 0.15) is 13.2 Å². The van der Waals surface area contributed by atoms with Crippen LogP contribution in [0.2, 0.25) is 0 Å². The number of ether oxygens (including phenoxy) is 1. The average molecular weight is 358 g/mol. The first-order chi connectivity index (χ1) is 10.0. The SMILES string of the molecule is CCCCOCC(=O)N(CC(=O)O)Cc1cccc(Br)c1. The Morgan fingerprint density at radius 3 is 2.76 bits per heavy atom. The summed E-state index contributed by atoms with van der Waals surface area (Å²) in [5.74, 6) is -1.35. The number of amides is 1. The summed E-state index contributed by atoms with van der Waals surface area (Å²) in [6.45, 7) is 2.39. The Kier molecular flexibility index (Phi) is 8.00. The van der Waals surface area contributed by atoms with Crippen LogP contribution in [0.25, 0.3) is 0 Å². The maximum atomic E-state index is 12.1. The lowest BCUT2D eigenvalue weighted by Crippen LogP contribution is -2.37. The number of carboxylic acids is 1. The van der Waals surface area contributed by atoms with Crippen LogP contribution in [0.4, 0.5) is 0 Å². The molecule has 6 heteroatoms. The number of hydrogen-bond acceptors (Lipinski definition) is 3. The van der Waals surface area contributed by atoms with Crippen molar-refractivity contribution in [1.82, 2.24) is 4.90 Å². The minimum atomic E-state index is -1.04. The Morgan fingerprint density at radius 1 is 1.38 bits per heavy atom. The molecule has 21 heavy (non-hydrogen) atoms. The lowest BCUT2D eigenvalue weighted by atomic mass is 10.2. The summed E-state index contributed by atoms with van der Waals surface area (Å²) >= 11 is 3.35. The predicted molar refractivity (Wildman–Crippen MR) is 82.9 cm³/mol. The number of aliphatic carboxylic acids is 1. The molecule has 1 rings (SSSR count).